The van der Waals surface area contributed by atoms with Crippen LogP contribution < -0.4 is 0 Å². The lowest BCUT2D eigenvalue weighted by atomic mass is 9.88. The van der Waals surface area contributed by atoms with Gasteiger partial charge in [-0.1, -0.05) is 19.3 Å². The van der Waals surface area contributed by atoms with E-state index in [0.717, 1.165) is 46.0 Å². The van der Waals surface area contributed by atoms with Crippen LogP contribution in [0.2, 0.25) is 0 Å². The van der Waals surface area contributed by atoms with E-state index in [1.165, 1.54) is 11.9 Å². The molecule has 0 saturated heterocycles. The minimum Gasteiger partial charge on any atom is -0.336 e. The SMILES string of the molecule is CC(=O)ON(C(C)=O)C(=O)CN(C)C(=O)C1CCCCC1. The molecule has 0 aromatic rings. The fourth-order valence-electron chi connectivity index (χ4n) is 2.43. The average molecular weight is 298 g/mol. The Hall–Kier alpha value is -1.92. The van der Waals surface area contributed by atoms with Crippen molar-refractivity contribution in [1.29, 1.82) is 0 Å². The Balaban J connectivity index is 2.60. The Morgan fingerprint density at radius 2 is 1.62 bits per heavy atom. The molecule has 118 valence electrons. The fourth-order valence-corrected chi connectivity index (χ4v) is 2.43. The van der Waals surface area contributed by atoms with Crippen molar-refractivity contribution in [1.82, 2.24) is 9.96 Å². The van der Waals surface area contributed by atoms with E-state index in [0.29, 0.717) is 5.06 Å². The van der Waals surface area contributed by atoms with Gasteiger partial charge in [0.1, 0.15) is 6.54 Å². The summed E-state index contributed by atoms with van der Waals surface area (Å²) in [6, 6.07) is 0. The molecule has 0 aliphatic heterocycles. The number of nitrogens with zero attached hydrogens (tertiary/aromatic N) is 2. The Kier molecular flexibility index (Phi) is 6.33. The highest BCUT2D eigenvalue weighted by atomic mass is 16.7. The normalized spacial score (nSPS) is 15.2. The molecule has 7 heteroatoms. The van der Waals surface area contributed by atoms with Gasteiger partial charge in [0, 0.05) is 26.8 Å². The van der Waals surface area contributed by atoms with Crippen LogP contribution in [0.3, 0.4) is 0 Å². The molecule has 1 aliphatic carbocycles. The van der Waals surface area contributed by atoms with Gasteiger partial charge in [-0.15, -0.1) is 5.06 Å². The summed E-state index contributed by atoms with van der Waals surface area (Å²) in [5.74, 6) is -2.36. The lowest BCUT2D eigenvalue weighted by Gasteiger charge is -2.27. The van der Waals surface area contributed by atoms with Gasteiger partial charge in [0.05, 0.1) is 0 Å². The van der Waals surface area contributed by atoms with E-state index in [1.54, 1.807) is 0 Å². The molecular formula is C14H22N2O5. The summed E-state index contributed by atoms with van der Waals surface area (Å²) in [6.07, 6.45) is 4.84. The van der Waals surface area contributed by atoms with Crippen LogP contribution >= 0.6 is 0 Å². The quantitative estimate of drug-likeness (QED) is 0.722. The number of rotatable bonds is 3. The molecule has 0 radical (unpaired) electrons. The van der Waals surface area contributed by atoms with Gasteiger partial charge in [-0.3, -0.25) is 14.4 Å². The minimum absolute atomic E-state index is 0.0592. The average Bonchev–Trinajstić information content (AvgIpc) is 2.44. The van der Waals surface area contributed by atoms with Gasteiger partial charge in [-0.25, -0.2) is 4.79 Å². The van der Waals surface area contributed by atoms with Crippen LogP contribution in [0.5, 0.6) is 0 Å². The Morgan fingerprint density at radius 3 is 2.10 bits per heavy atom. The Bertz CT molecular complexity index is 429. The molecule has 0 aromatic heterocycles. The summed E-state index contributed by atoms with van der Waals surface area (Å²) in [5, 5.41) is 0.396. The predicted molar refractivity (Wildman–Crippen MR) is 73.5 cm³/mol. The van der Waals surface area contributed by atoms with Gasteiger partial charge in [-0.2, -0.15) is 0 Å². The first kappa shape index (κ1) is 17.1. The molecule has 1 saturated carbocycles. The summed E-state index contributed by atoms with van der Waals surface area (Å²) >= 11 is 0. The maximum absolute atomic E-state index is 12.2. The van der Waals surface area contributed by atoms with Gasteiger partial charge >= 0.3 is 5.97 Å². The second kappa shape index (κ2) is 7.75. The lowest BCUT2D eigenvalue weighted by molar-refractivity contribution is -0.200. The molecule has 0 N–H and O–H groups in total. The number of hydrogen-bond acceptors (Lipinski definition) is 5. The molecular weight excluding hydrogens is 276 g/mol. The standard InChI is InChI=1S/C14H22N2O5/c1-10(17)16(21-11(2)18)13(19)9-15(3)14(20)12-7-5-4-6-8-12/h12H,4-9H2,1-3H3. The maximum atomic E-state index is 12.2. The van der Waals surface area contributed by atoms with E-state index < -0.39 is 17.8 Å². The number of carbonyl (C=O) groups is 4. The van der Waals surface area contributed by atoms with Crippen molar-refractivity contribution in [3.63, 3.8) is 0 Å². The first-order valence-corrected chi connectivity index (χ1v) is 7.10. The van der Waals surface area contributed by atoms with Crippen molar-refractivity contribution < 1.29 is 24.0 Å². The van der Waals surface area contributed by atoms with Gasteiger partial charge < -0.3 is 9.74 Å². The van der Waals surface area contributed by atoms with Gasteiger partial charge in [0.25, 0.3) is 11.8 Å². The third-order valence-corrected chi connectivity index (χ3v) is 3.44. The van der Waals surface area contributed by atoms with E-state index in [-0.39, 0.29) is 18.4 Å². The smallest absolute Gasteiger partial charge is 0.330 e. The predicted octanol–water partition coefficient (Wildman–Crippen LogP) is 0.878. The van der Waals surface area contributed by atoms with Gasteiger partial charge in [0.15, 0.2) is 0 Å². The molecule has 0 aromatic carbocycles. The summed E-state index contributed by atoms with van der Waals surface area (Å²) in [7, 11) is 1.51. The number of hydroxylamine groups is 2. The van der Waals surface area contributed by atoms with Crippen molar-refractivity contribution in [3.8, 4) is 0 Å². The zero-order valence-corrected chi connectivity index (χ0v) is 12.8. The highest BCUT2D eigenvalue weighted by Crippen LogP contribution is 2.25. The maximum Gasteiger partial charge on any atom is 0.330 e. The van der Waals surface area contributed by atoms with E-state index in [9.17, 15) is 19.2 Å². The summed E-state index contributed by atoms with van der Waals surface area (Å²) in [4.78, 5) is 52.2. The van der Waals surface area contributed by atoms with Crippen LogP contribution in [0.25, 0.3) is 0 Å². The van der Waals surface area contributed by atoms with Crippen LogP contribution in [-0.2, 0) is 24.0 Å². The molecule has 7 nitrogen and oxygen atoms in total. The highest BCUT2D eigenvalue weighted by Gasteiger charge is 2.28. The van der Waals surface area contributed by atoms with Crippen molar-refractivity contribution in [2.45, 2.75) is 46.0 Å². The number of amides is 3. The third-order valence-electron chi connectivity index (χ3n) is 3.44. The zero-order chi connectivity index (χ0) is 16.0. The molecule has 3 amide bonds. The van der Waals surface area contributed by atoms with Crippen LogP contribution in [0, 0.1) is 5.92 Å². The zero-order valence-electron chi connectivity index (χ0n) is 12.8. The van der Waals surface area contributed by atoms with Crippen molar-refractivity contribution in [3.05, 3.63) is 0 Å². The summed E-state index contributed by atoms with van der Waals surface area (Å²) < 4.78 is 0. The van der Waals surface area contributed by atoms with Crippen molar-refractivity contribution >= 4 is 23.7 Å². The van der Waals surface area contributed by atoms with E-state index in [4.69, 9.17) is 0 Å². The third kappa shape index (κ3) is 5.17. The van der Waals surface area contributed by atoms with E-state index in [2.05, 4.69) is 4.84 Å². The highest BCUT2D eigenvalue weighted by molar-refractivity contribution is 5.96. The van der Waals surface area contributed by atoms with E-state index in [1.807, 2.05) is 0 Å². The molecule has 1 fully saturated rings. The molecule has 0 spiro atoms. The molecule has 21 heavy (non-hydrogen) atoms. The Morgan fingerprint density at radius 1 is 1.05 bits per heavy atom. The van der Waals surface area contributed by atoms with Crippen molar-refractivity contribution in [2.75, 3.05) is 13.6 Å². The fraction of sp³-hybridized carbons (Fsp3) is 0.714. The lowest BCUT2D eigenvalue weighted by Crippen LogP contribution is -2.45. The van der Waals surface area contributed by atoms with Gasteiger partial charge in [0.2, 0.25) is 5.91 Å². The van der Waals surface area contributed by atoms with Crippen LogP contribution in [0.4, 0.5) is 0 Å². The number of likely N-dealkylation sites (N-methyl/N-ethyl adjacent to an activating group) is 1. The first-order valence-electron chi connectivity index (χ1n) is 7.10. The molecule has 0 atom stereocenters. The number of carbonyl (C=O) groups excluding carboxylic acids is 4. The molecule has 0 unspecified atom stereocenters. The van der Waals surface area contributed by atoms with Crippen LogP contribution in [0.1, 0.15) is 46.0 Å². The molecule has 1 rings (SSSR count). The van der Waals surface area contributed by atoms with Crippen molar-refractivity contribution in [2.24, 2.45) is 5.92 Å². The summed E-state index contributed by atoms with van der Waals surface area (Å²) in [6.45, 7) is 1.92. The second-order valence-corrected chi connectivity index (χ2v) is 5.32. The second-order valence-electron chi connectivity index (χ2n) is 5.32. The van der Waals surface area contributed by atoms with E-state index >= 15 is 0 Å². The van der Waals surface area contributed by atoms with Crippen LogP contribution in [-0.4, -0.2) is 47.2 Å². The molecule has 0 bridgehead atoms. The van der Waals surface area contributed by atoms with Crippen LogP contribution in [0.15, 0.2) is 0 Å². The van der Waals surface area contributed by atoms with Gasteiger partial charge in [-0.05, 0) is 12.8 Å². The minimum atomic E-state index is -0.764. The molecule has 1 aliphatic rings. The topological polar surface area (TPSA) is 84.0 Å². The number of imide groups is 1. The number of hydrogen-bond donors (Lipinski definition) is 0. The monoisotopic (exact) mass is 298 g/mol. The first-order chi connectivity index (χ1) is 9.82. The summed E-state index contributed by atoms with van der Waals surface area (Å²) in [5.41, 5.74) is 0. The Labute approximate surface area is 124 Å². The molecule has 0 heterocycles. The largest absolute Gasteiger partial charge is 0.336 e.